The van der Waals surface area contributed by atoms with Gasteiger partial charge in [0.15, 0.2) is 5.11 Å². The van der Waals surface area contributed by atoms with Crippen LogP contribution in [-0.2, 0) is 0 Å². The average molecular weight is 340 g/mol. The van der Waals surface area contributed by atoms with Gasteiger partial charge in [-0.1, -0.05) is 36.4 Å². The molecule has 0 fully saturated rings. The molecule has 1 atom stereocenters. The molecule has 0 saturated heterocycles. The van der Waals surface area contributed by atoms with Crippen molar-refractivity contribution in [3.05, 3.63) is 71.8 Å². The minimum Gasteiger partial charge on any atom is -0.490 e. The molecule has 0 heterocycles. The lowest BCUT2D eigenvalue weighted by molar-refractivity contribution is 0.363. The van der Waals surface area contributed by atoms with E-state index in [0.29, 0.717) is 11.7 Å². The van der Waals surface area contributed by atoms with Gasteiger partial charge in [0.05, 0.1) is 6.04 Å². The Hall–Kier alpha value is -2.33. The molecular formula is C20H24N2OS. The first-order valence-electron chi connectivity index (χ1n) is 7.98. The maximum absolute atomic E-state index is 5.47. The van der Waals surface area contributed by atoms with Crippen molar-refractivity contribution in [2.24, 2.45) is 0 Å². The summed E-state index contributed by atoms with van der Waals surface area (Å²) >= 11 is 5.42. The van der Waals surface area contributed by atoms with Crippen LogP contribution in [0, 0.1) is 13.8 Å². The van der Waals surface area contributed by atoms with Crippen LogP contribution in [0.5, 0.6) is 5.75 Å². The summed E-state index contributed by atoms with van der Waals surface area (Å²) in [5.74, 6) is 0.808. The van der Waals surface area contributed by atoms with Crippen molar-refractivity contribution < 1.29 is 4.74 Å². The normalized spacial score (nSPS) is 11.5. The monoisotopic (exact) mass is 340 g/mol. The summed E-state index contributed by atoms with van der Waals surface area (Å²) in [5.41, 5.74) is 4.70. The van der Waals surface area contributed by atoms with E-state index in [0.717, 1.165) is 11.4 Å². The van der Waals surface area contributed by atoms with Gasteiger partial charge in [0, 0.05) is 5.69 Å². The van der Waals surface area contributed by atoms with Crippen LogP contribution in [0.25, 0.3) is 0 Å². The highest BCUT2D eigenvalue weighted by Crippen LogP contribution is 2.19. The van der Waals surface area contributed by atoms with Gasteiger partial charge in [0.25, 0.3) is 0 Å². The molecule has 0 aliphatic carbocycles. The predicted molar refractivity (Wildman–Crippen MR) is 106 cm³/mol. The van der Waals surface area contributed by atoms with Crippen LogP contribution in [0.3, 0.4) is 0 Å². The summed E-state index contributed by atoms with van der Waals surface area (Å²) in [6.07, 6.45) is 1.72. The molecule has 0 radical (unpaired) electrons. The molecule has 0 saturated carbocycles. The Balaban J connectivity index is 1.93. The van der Waals surface area contributed by atoms with Crippen LogP contribution in [-0.4, -0.2) is 11.7 Å². The Morgan fingerprint density at radius 2 is 1.92 bits per heavy atom. The molecule has 3 nitrogen and oxygen atoms in total. The second-order valence-electron chi connectivity index (χ2n) is 5.80. The van der Waals surface area contributed by atoms with Crippen LogP contribution in [0.1, 0.15) is 29.7 Å². The van der Waals surface area contributed by atoms with Gasteiger partial charge >= 0.3 is 0 Å². The van der Waals surface area contributed by atoms with Crippen molar-refractivity contribution in [1.29, 1.82) is 0 Å². The number of thiocarbonyl (C=S) groups is 1. The van der Waals surface area contributed by atoms with Crippen molar-refractivity contribution in [3.8, 4) is 5.75 Å². The van der Waals surface area contributed by atoms with Crippen molar-refractivity contribution in [3.63, 3.8) is 0 Å². The summed E-state index contributed by atoms with van der Waals surface area (Å²) in [7, 11) is 0. The van der Waals surface area contributed by atoms with Crippen LogP contribution in [0.15, 0.2) is 55.1 Å². The van der Waals surface area contributed by atoms with E-state index in [2.05, 4.69) is 56.2 Å². The maximum atomic E-state index is 5.47. The lowest BCUT2D eigenvalue weighted by atomic mass is 10.0. The van der Waals surface area contributed by atoms with Gasteiger partial charge in [-0.3, -0.25) is 0 Å². The Kier molecular flexibility index (Phi) is 6.38. The van der Waals surface area contributed by atoms with Gasteiger partial charge in [-0.05, 0) is 68.4 Å². The predicted octanol–water partition coefficient (Wildman–Crippen LogP) is 4.92. The van der Waals surface area contributed by atoms with E-state index in [1.807, 2.05) is 24.3 Å². The van der Waals surface area contributed by atoms with Gasteiger partial charge in [-0.2, -0.15) is 0 Å². The number of aryl methyl sites for hydroxylation is 2. The van der Waals surface area contributed by atoms with E-state index in [1.54, 1.807) is 6.08 Å². The molecule has 0 spiro atoms. The molecule has 0 bridgehead atoms. The molecule has 1 unspecified atom stereocenters. The first-order valence-corrected chi connectivity index (χ1v) is 8.39. The van der Waals surface area contributed by atoms with E-state index in [-0.39, 0.29) is 6.04 Å². The molecule has 24 heavy (non-hydrogen) atoms. The number of benzene rings is 2. The molecule has 2 aromatic carbocycles. The Labute approximate surface area is 149 Å². The zero-order valence-corrected chi connectivity index (χ0v) is 15.2. The molecule has 0 aliphatic rings. The second kappa shape index (κ2) is 8.50. The zero-order chi connectivity index (χ0) is 17.5. The molecule has 2 aromatic rings. The van der Waals surface area contributed by atoms with E-state index < -0.39 is 0 Å². The quantitative estimate of drug-likeness (QED) is 0.578. The van der Waals surface area contributed by atoms with Gasteiger partial charge in [-0.15, -0.1) is 0 Å². The standard InChI is InChI=1S/C20H24N2OS/c1-5-12-23-18-9-7-17(8-10-18)22-20(24)21-16(4)19-11-6-14(2)13-15(19)3/h5-11,13,16H,1,12H2,2-4H3,(H2,21,22,24). The Morgan fingerprint density at radius 3 is 2.54 bits per heavy atom. The fraction of sp³-hybridized carbons (Fsp3) is 0.250. The Morgan fingerprint density at radius 1 is 1.21 bits per heavy atom. The summed E-state index contributed by atoms with van der Waals surface area (Å²) in [6.45, 7) is 10.5. The van der Waals surface area contributed by atoms with Crippen LogP contribution in [0.2, 0.25) is 0 Å². The fourth-order valence-corrected chi connectivity index (χ4v) is 2.84. The molecule has 4 heteroatoms. The minimum absolute atomic E-state index is 0.140. The SMILES string of the molecule is C=CCOc1ccc(NC(=S)NC(C)c2ccc(C)cc2C)cc1. The van der Waals surface area contributed by atoms with E-state index in [4.69, 9.17) is 17.0 Å². The molecule has 2 N–H and O–H groups in total. The number of ether oxygens (including phenoxy) is 1. The molecule has 0 aromatic heterocycles. The number of anilines is 1. The van der Waals surface area contributed by atoms with Crippen LogP contribution in [0.4, 0.5) is 5.69 Å². The number of rotatable bonds is 6. The first-order chi connectivity index (χ1) is 11.5. The minimum atomic E-state index is 0.140. The van der Waals surface area contributed by atoms with Gasteiger partial charge < -0.3 is 15.4 Å². The van der Waals surface area contributed by atoms with E-state index >= 15 is 0 Å². The van der Waals surface area contributed by atoms with Crippen LogP contribution >= 0.6 is 12.2 Å². The Bertz CT molecular complexity index is 710. The van der Waals surface area contributed by atoms with Gasteiger partial charge in [-0.25, -0.2) is 0 Å². The third-order valence-corrected chi connectivity index (χ3v) is 3.94. The highest BCUT2D eigenvalue weighted by molar-refractivity contribution is 7.80. The zero-order valence-electron chi connectivity index (χ0n) is 14.4. The smallest absolute Gasteiger partial charge is 0.171 e. The van der Waals surface area contributed by atoms with Crippen LogP contribution < -0.4 is 15.4 Å². The third kappa shape index (κ3) is 5.10. The third-order valence-electron chi connectivity index (χ3n) is 3.72. The number of hydrogen-bond donors (Lipinski definition) is 2. The molecule has 0 aliphatic heterocycles. The molecule has 0 amide bonds. The summed E-state index contributed by atoms with van der Waals surface area (Å²) < 4.78 is 5.47. The average Bonchev–Trinajstić information content (AvgIpc) is 2.54. The topological polar surface area (TPSA) is 33.3 Å². The van der Waals surface area contributed by atoms with Crippen molar-refractivity contribution in [2.45, 2.75) is 26.8 Å². The first kappa shape index (κ1) is 18.0. The summed E-state index contributed by atoms with van der Waals surface area (Å²) in [5, 5.41) is 7.13. The van der Waals surface area contributed by atoms with Crippen molar-refractivity contribution in [2.75, 3.05) is 11.9 Å². The van der Waals surface area contributed by atoms with Gasteiger partial charge in [0.1, 0.15) is 12.4 Å². The van der Waals surface area contributed by atoms with Gasteiger partial charge in [0.2, 0.25) is 0 Å². The van der Waals surface area contributed by atoms with E-state index in [1.165, 1.54) is 16.7 Å². The lowest BCUT2D eigenvalue weighted by Crippen LogP contribution is -2.31. The number of hydrogen-bond acceptors (Lipinski definition) is 2. The van der Waals surface area contributed by atoms with Crippen molar-refractivity contribution >= 4 is 23.0 Å². The van der Waals surface area contributed by atoms with Crippen molar-refractivity contribution in [1.82, 2.24) is 5.32 Å². The molecule has 126 valence electrons. The summed E-state index contributed by atoms with van der Waals surface area (Å²) in [4.78, 5) is 0. The highest BCUT2D eigenvalue weighted by atomic mass is 32.1. The lowest BCUT2D eigenvalue weighted by Gasteiger charge is -2.19. The summed E-state index contributed by atoms with van der Waals surface area (Å²) in [6, 6.07) is 14.3. The largest absolute Gasteiger partial charge is 0.490 e. The second-order valence-corrected chi connectivity index (χ2v) is 6.21. The number of nitrogens with one attached hydrogen (secondary N) is 2. The van der Waals surface area contributed by atoms with E-state index in [9.17, 15) is 0 Å². The molecular weight excluding hydrogens is 316 g/mol. The molecule has 2 rings (SSSR count). The maximum Gasteiger partial charge on any atom is 0.171 e. The fourth-order valence-electron chi connectivity index (χ4n) is 2.54. The highest BCUT2D eigenvalue weighted by Gasteiger charge is 2.10.